The van der Waals surface area contributed by atoms with Crippen molar-refractivity contribution >= 4 is 22.6 Å². The Kier molecular flexibility index (Phi) is 2.12. The van der Waals surface area contributed by atoms with Crippen molar-refractivity contribution < 1.29 is 0 Å². The van der Waals surface area contributed by atoms with Gasteiger partial charge in [-0.2, -0.15) is 0 Å². The SMILES string of the molecule is CC1Cc2ccc(I)cc2C1N. The number of nitrogens with two attached hydrogens (primary N) is 1. The van der Waals surface area contributed by atoms with Crippen molar-refractivity contribution in [1.82, 2.24) is 0 Å². The van der Waals surface area contributed by atoms with E-state index in [1.807, 2.05) is 0 Å². The first-order valence-corrected chi connectivity index (χ1v) is 5.30. The summed E-state index contributed by atoms with van der Waals surface area (Å²) in [5.74, 6) is 0.609. The van der Waals surface area contributed by atoms with Crippen LogP contribution in [0.3, 0.4) is 0 Å². The molecule has 2 rings (SSSR count). The molecule has 0 fully saturated rings. The summed E-state index contributed by atoms with van der Waals surface area (Å²) in [6.45, 7) is 2.22. The molecule has 1 aromatic carbocycles. The summed E-state index contributed by atoms with van der Waals surface area (Å²) in [6, 6.07) is 6.84. The Morgan fingerprint density at radius 1 is 1.50 bits per heavy atom. The highest BCUT2D eigenvalue weighted by Gasteiger charge is 2.25. The van der Waals surface area contributed by atoms with E-state index in [1.165, 1.54) is 14.7 Å². The Bertz CT molecular complexity index is 309. The van der Waals surface area contributed by atoms with Crippen LogP contribution in [0.5, 0.6) is 0 Å². The molecule has 1 aliphatic carbocycles. The molecular weight excluding hydrogens is 261 g/mol. The second-order valence-electron chi connectivity index (χ2n) is 3.55. The molecule has 0 saturated carbocycles. The van der Waals surface area contributed by atoms with Gasteiger partial charge in [0.2, 0.25) is 0 Å². The predicted molar refractivity (Wildman–Crippen MR) is 59.0 cm³/mol. The lowest BCUT2D eigenvalue weighted by Gasteiger charge is -2.09. The largest absolute Gasteiger partial charge is 0.324 e. The van der Waals surface area contributed by atoms with Crippen molar-refractivity contribution in [3.8, 4) is 0 Å². The second-order valence-corrected chi connectivity index (χ2v) is 4.80. The summed E-state index contributed by atoms with van der Waals surface area (Å²) in [5.41, 5.74) is 8.85. The van der Waals surface area contributed by atoms with Crippen LogP contribution in [0.4, 0.5) is 0 Å². The van der Waals surface area contributed by atoms with E-state index < -0.39 is 0 Å². The van der Waals surface area contributed by atoms with E-state index in [0.29, 0.717) is 5.92 Å². The van der Waals surface area contributed by atoms with Crippen molar-refractivity contribution in [1.29, 1.82) is 0 Å². The van der Waals surface area contributed by atoms with Crippen molar-refractivity contribution in [3.63, 3.8) is 0 Å². The zero-order valence-corrected chi connectivity index (χ0v) is 9.21. The van der Waals surface area contributed by atoms with E-state index in [1.54, 1.807) is 0 Å². The van der Waals surface area contributed by atoms with Crippen LogP contribution >= 0.6 is 22.6 Å². The van der Waals surface area contributed by atoms with Gasteiger partial charge in [-0.15, -0.1) is 0 Å². The molecule has 12 heavy (non-hydrogen) atoms. The second kappa shape index (κ2) is 3.00. The Hall–Kier alpha value is -0.0900. The van der Waals surface area contributed by atoms with Gasteiger partial charge in [0.15, 0.2) is 0 Å². The Labute approximate surface area is 86.5 Å². The van der Waals surface area contributed by atoms with Crippen LogP contribution in [0.25, 0.3) is 0 Å². The molecule has 1 nitrogen and oxygen atoms in total. The number of halogens is 1. The molecule has 0 spiro atoms. The Balaban J connectivity index is 2.48. The lowest BCUT2D eigenvalue weighted by molar-refractivity contribution is 0.513. The molecular formula is C10H12IN. The molecule has 0 heterocycles. The standard InChI is InChI=1S/C10H12IN/c1-6-4-7-2-3-8(11)5-9(7)10(6)12/h2-3,5-6,10H,4,12H2,1H3. The number of fused-ring (bicyclic) bond motifs is 1. The third-order valence-electron chi connectivity index (χ3n) is 2.62. The summed E-state index contributed by atoms with van der Waals surface area (Å²) in [4.78, 5) is 0. The molecule has 0 aliphatic heterocycles. The minimum absolute atomic E-state index is 0.259. The van der Waals surface area contributed by atoms with Crippen molar-refractivity contribution in [2.45, 2.75) is 19.4 Å². The molecule has 0 amide bonds. The topological polar surface area (TPSA) is 26.0 Å². The van der Waals surface area contributed by atoms with E-state index in [4.69, 9.17) is 5.73 Å². The molecule has 0 saturated heterocycles. The van der Waals surface area contributed by atoms with Gasteiger partial charge in [0.25, 0.3) is 0 Å². The zero-order chi connectivity index (χ0) is 8.72. The number of hydrogen-bond donors (Lipinski definition) is 1. The summed E-state index contributed by atoms with van der Waals surface area (Å²) in [7, 11) is 0. The van der Waals surface area contributed by atoms with Gasteiger partial charge in [0.1, 0.15) is 0 Å². The van der Waals surface area contributed by atoms with Crippen LogP contribution in [-0.4, -0.2) is 0 Å². The van der Waals surface area contributed by atoms with E-state index in [-0.39, 0.29) is 6.04 Å². The van der Waals surface area contributed by atoms with Gasteiger partial charge in [-0.3, -0.25) is 0 Å². The summed E-state index contributed by atoms with van der Waals surface area (Å²) in [6.07, 6.45) is 1.15. The first-order valence-electron chi connectivity index (χ1n) is 4.22. The molecule has 64 valence electrons. The minimum Gasteiger partial charge on any atom is -0.324 e. The average molecular weight is 273 g/mol. The molecule has 1 aliphatic rings. The van der Waals surface area contributed by atoms with Gasteiger partial charge < -0.3 is 5.73 Å². The van der Waals surface area contributed by atoms with Gasteiger partial charge in [-0.05, 0) is 58.2 Å². The predicted octanol–water partition coefficient (Wildman–Crippen LogP) is 2.48. The van der Waals surface area contributed by atoms with Gasteiger partial charge in [0, 0.05) is 9.61 Å². The van der Waals surface area contributed by atoms with Crippen LogP contribution in [0, 0.1) is 9.49 Å². The molecule has 2 N–H and O–H groups in total. The van der Waals surface area contributed by atoms with Gasteiger partial charge in [0.05, 0.1) is 0 Å². The zero-order valence-electron chi connectivity index (χ0n) is 7.05. The fourth-order valence-corrected chi connectivity index (χ4v) is 2.36. The normalized spacial score (nSPS) is 27.2. The molecule has 2 unspecified atom stereocenters. The number of benzene rings is 1. The molecule has 0 bridgehead atoms. The van der Waals surface area contributed by atoms with E-state index in [2.05, 4.69) is 47.7 Å². The third-order valence-corrected chi connectivity index (χ3v) is 3.29. The molecule has 1 aromatic rings. The molecule has 2 atom stereocenters. The summed E-state index contributed by atoms with van der Waals surface area (Å²) in [5, 5.41) is 0. The van der Waals surface area contributed by atoms with Crippen molar-refractivity contribution in [3.05, 3.63) is 32.9 Å². The molecule has 0 radical (unpaired) electrons. The summed E-state index contributed by atoms with van der Waals surface area (Å²) < 4.78 is 1.29. The first-order chi connectivity index (χ1) is 5.68. The smallest absolute Gasteiger partial charge is 0.0327 e. The Morgan fingerprint density at radius 3 is 3.00 bits per heavy atom. The quantitative estimate of drug-likeness (QED) is 0.722. The molecule has 0 aromatic heterocycles. The number of hydrogen-bond acceptors (Lipinski definition) is 1. The third kappa shape index (κ3) is 1.27. The maximum absolute atomic E-state index is 6.06. The maximum Gasteiger partial charge on any atom is 0.0327 e. The average Bonchev–Trinajstić information content (AvgIpc) is 2.31. The van der Waals surface area contributed by atoms with Gasteiger partial charge in [-0.25, -0.2) is 0 Å². The van der Waals surface area contributed by atoms with Crippen LogP contribution < -0.4 is 5.73 Å². The first kappa shape index (κ1) is 8.51. The van der Waals surface area contributed by atoms with Crippen LogP contribution in [0.15, 0.2) is 18.2 Å². The fraction of sp³-hybridized carbons (Fsp3) is 0.400. The monoisotopic (exact) mass is 273 g/mol. The fourth-order valence-electron chi connectivity index (χ4n) is 1.84. The van der Waals surface area contributed by atoms with Gasteiger partial charge >= 0.3 is 0 Å². The van der Waals surface area contributed by atoms with Crippen molar-refractivity contribution in [2.75, 3.05) is 0 Å². The lowest BCUT2D eigenvalue weighted by atomic mass is 10.0. The van der Waals surface area contributed by atoms with E-state index in [9.17, 15) is 0 Å². The van der Waals surface area contributed by atoms with E-state index in [0.717, 1.165) is 6.42 Å². The van der Waals surface area contributed by atoms with Gasteiger partial charge in [-0.1, -0.05) is 13.0 Å². The maximum atomic E-state index is 6.06. The van der Waals surface area contributed by atoms with Crippen LogP contribution in [0.2, 0.25) is 0 Å². The minimum atomic E-state index is 0.259. The highest BCUT2D eigenvalue weighted by atomic mass is 127. The van der Waals surface area contributed by atoms with E-state index >= 15 is 0 Å². The molecule has 2 heteroatoms. The summed E-state index contributed by atoms with van der Waals surface area (Å²) >= 11 is 2.33. The number of rotatable bonds is 0. The van der Waals surface area contributed by atoms with Crippen molar-refractivity contribution in [2.24, 2.45) is 11.7 Å². The van der Waals surface area contributed by atoms with Crippen LogP contribution in [-0.2, 0) is 6.42 Å². The Morgan fingerprint density at radius 2 is 2.25 bits per heavy atom. The lowest BCUT2D eigenvalue weighted by Crippen LogP contribution is -2.13. The van der Waals surface area contributed by atoms with Crippen LogP contribution in [0.1, 0.15) is 24.1 Å². The highest BCUT2D eigenvalue weighted by molar-refractivity contribution is 14.1. The highest BCUT2D eigenvalue weighted by Crippen LogP contribution is 2.34.